The maximum atomic E-state index is 4.62. The Bertz CT molecular complexity index is 597. The molecule has 0 fully saturated rings. The van der Waals surface area contributed by atoms with Crippen molar-refractivity contribution < 1.29 is 0 Å². The molecular formula is C18H20Br2N2. The molecule has 0 aliphatic heterocycles. The maximum absolute atomic E-state index is 4.62. The van der Waals surface area contributed by atoms with Crippen molar-refractivity contribution in [2.75, 3.05) is 0 Å². The molecule has 0 N–H and O–H groups in total. The molecule has 0 radical (unpaired) electrons. The van der Waals surface area contributed by atoms with Gasteiger partial charge in [-0.1, -0.05) is 56.1 Å². The number of rotatable bonds is 4. The summed E-state index contributed by atoms with van der Waals surface area (Å²) in [6.45, 7) is 8.32. The molecule has 116 valence electrons. The van der Waals surface area contributed by atoms with Crippen molar-refractivity contribution in [3.8, 4) is 0 Å². The first-order valence-electron chi connectivity index (χ1n) is 7.17. The van der Waals surface area contributed by atoms with Gasteiger partial charge in [-0.25, -0.2) is 0 Å². The highest BCUT2D eigenvalue weighted by molar-refractivity contribution is 9.10. The standard InChI is InChI=1S/C18H20Br2N2/c1-17(2,13-5-9-15(19)10-6-13)21-22-18(3,4)14-7-11-16(20)12-8-14/h5-12H,1-4H3. The van der Waals surface area contributed by atoms with Gasteiger partial charge < -0.3 is 0 Å². The van der Waals surface area contributed by atoms with Gasteiger partial charge in [0.2, 0.25) is 0 Å². The van der Waals surface area contributed by atoms with E-state index < -0.39 is 0 Å². The quantitative estimate of drug-likeness (QED) is 0.481. The molecule has 0 saturated carbocycles. The molecule has 2 aromatic carbocycles. The summed E-state index contributed by atoms with van der Waals surface area (Å²) in [7, 11) is 0. The van der Waals surface area contributed by atoms with Gasteiger partial charge >= 0.3 is 0 Å². The fourth-order valence-corrected chi connectivity index (χ4v) is 2.61. The van der Waals surface area contributed by atoms with E-state index in [4.69, 9.17) is 0 Å². The molecule has 0 spiro atoms. The average Bonchev–Trinajstić information content (AvgIpc) is 2.46. The monoisotopic (exact) mass is 422 g/mol. The number of halogens is 2. The molecule has 0 amide bonds. The Hall–Kier alpha value is -1.00. The first-order valence-corrected chi connectivity index (χ1v) is 8.75. The Morgan fingerprint density at radius 2 is 0.864 bits per heavy atom. The zero-order valence-electron chi connectivity index (χ0n) is 13.3. The lowest BCUT2D eigenvalue weighted by Gasteiger charge is -2.24. The lowest BCUT2D eigenvalue weighted by Crippen LogP contribution is -2.18. The number of benzene rings is 2. The summed E-state index contributed by atoms with van der Waals surface area (Å²) in [6.07, 6.45) is 0. The zero-order chi connectivity index (χ0) is 16.4. The van der Waals surface area contributed by atoms with E-state index in [0.717, 1.165) is 20.1 Å². The SMILES string of the molecule is CC(C)(N=NC(C)(C)c1ccc(Br)cc1)c1ccc(Br)cc1. The van der Waals surface area contributed by atoms with E-state index >= 15 is 0 Å². The van der Waals surface area contributed by atoms with Crippen LogP contribution >= 0.6 is 31.9 Å². The predicted molar refractivity (Wildman–Crippen MR) is 99.2 cm³/mol. The van der Waals surface area contributed by atoms with Crippen LogP contribution in [0.3, 0.4) is 0 Å². The fourth-order valence-electron chi connectivity index (χ4n) is 2.08. The average molecular weight is 424 g/mol. The van der Waals surface area contributed by atoms with Gasteiger partial charge in [-0.15, -0.1) is 0 Å². The molecule has 0 bridgehead atoms. The van der Waals surface area contributed by atoms with Crippen LogP contribution in [0.2, 0.25) is 0 Å². The summed E-state index contributed by atoms with van der Waals surface area (Å²) in [6, 6.07) is 16.5. The van der Waals surface area contributed by atoms with Gasteiger partial charge in [-0.05, 0) is 63.1 Å². The van der Waals surface area contributed by atoms with Crippen LogP contribution < -0.4 is 0 Å². The smallest absolute Gasteiger partial charge is 0.101 e. The van der Waals surface area contributed by atoms with Crippen molar-refractivity contribution >= 4 is 31.9 Å². The molecule has 0 heterocycles. The van der Waals surface area contributed by atoms with Gasteiger partial charge in [0.25, 0.3) is 0 Å². The largest absolute Gasteiger partial charge is 0.182 e. The molecule has 2 aromatic rings. The summed E-state index contributed by atoms with van der Waals surface area (Å²) in [5.41, 5.74) is 1.58. The molecule has 22 heavy (non-hydrogen) atoms. The minimum absolute atomic E-state index is 0.354. The first kappa shape index (κ1) is 17.4. The topological polar surface area (TPSA) is 24.7 Å². The van der Waals surface area contributed by atoms with Crippen LogP contribution in [0.15, 0.2) is 67.7 Å². The second kappa shape index (κ2) is 6.63. The number of hydrogen-bond acceptors (Lipinski definition) is 2. The van der Waals surface area contributed by atoms with Crippen molar-refractivity contribution in [3.05, 3.63) is 68.6 Å². The molecule has 2 nitrogen and oxygen atoms in total. The first-order chi connectivity index (χ1) is 10.2. The molecule has 0 unspecified atom stereocenters. The minimum Gasteiger partial charge on any atom is -0.182 e. The van der Waals surface area contributed by atoms with E-state index in [1.54, 1.807) is 0 Å². The van der Waals surface area contributed by atoms with E-state index in [1.807, 2.05) is 24.3 Å². The molecular weight excluding hydrogens is 404 g/mol. The van der Waals surface area contributed by atoms with E-state index in [2.05, 4.69) is 94.0 Å². The van der Waals surface area contributed by atoms with Crippen molar-refractivity contribution in [3.63, 3.8) is 0 Å². The number of nitrogens with zero attached hydrogens (tertiary/aromatic N) is 2. The lowest BCUT2D eigenvalue weighted by molar-refractivity contribution is 0.439. The maximum Gasteiger partial charge on any atom is 0.101 e. The van der Waals surface area contributed by atoms with E-state index in [9.17, 15) is 0 Å². The van der Waals surface area contributed by atoms with Gasteiger partial charge in [0, 0.05) is 8.95 Å². The van der Waals surface area contributed by atoms with Crippen LogP contribution in [0, 0.1) is 0 Å². The van der Waals surface area contributed by atoms with Gasteiger partial charge in [-0.3, -0.25) is 0 Å². The Kier molecular flexibility index (Phi) is 5.23. The third-order valence-corrected chi connectivity index (χ3v) is 4.71. The van der Waals surface area contributed by atoms with Crippen LogP contribution in [-0.2, 0) is 11.1 Å². The normalized spacial score (nSPS) is 12.8. The highest BCUT2D eigenvalue weighted by Gasteiger charge is 2.24. The summed E-state index contributed by atoms with van der Waals surface area (Å²) in [5, 5.41) is 9.25. The fraction of sp³-hybridized carbons (Fsp3) is 0.333. The molecule has 2 rings (SSSR count). The van der Waals surface area contributed by atoms with Crippen LogP contribution in [0.5, 0.6) is 0 Å². The third kappa shape index (κ3) is 4.26. The van der Waals surface area contributed by atoms with Crippen LogP contribution in [0.4, 0.5) is 0 Å². The van der Waals surface area contributed by atoms with Crippen molar-refractivity contribution in [2.45, 2.75) is 38.8 Å². The van der Waals surface area contributed by atoms with E-state index in [0.29, 0.717) is 0 Å². The Morgan fingerprint density at radius 3 is 1.14 bits per heavy atom. The predicted octanol–water partition coefficient (Wildman–Crippen LogP) is 6.83. The van der Waals surface area contributed by atoms with Gasteiger partial charge in [0.15, 0.2) is 0 Å². The van der Waals surface area contributed by atoms with Gasteiger partial charge in [0.1, 0.15) is 11.1 Å². The van der Waals surface area contributed by atoms with Crippen LogP contribution in [0.1, 0.15) is 38.8 Å². The Morgan fingerprint density at radius 1 is 0.591 bits per heavy atom. The third-order valence-electron chi connectivity index (χ3n) is 3.65. The molecule has 0 saturated heterocycles. The minimum atomic E-state index is -0.354. The van der Waals surface area contributed by atoms with Gasteiger partial charge in [-0.2, -0.15) is 10.2 Å². The van der Waals surface area contributed by atoms with Crippen LogP contribution in [0.25, 0.3) is 0 Å². The summed E-state index contributed by atoms with van der Waals surface area (Å²) >= 11 is 6.92. The Balaban J connectivity index is 2.25. The van der Waals surface area contributed by atoms with E-state index in [-0.39, 0.29) is 11.1 Å². The van der Waals surface area contributed by atoms with Gasteiger partial charge in [0.05, 0.1) is 0 Å². The summed E-state index contributed by atoms with van der Waals surface area (Å²) in [5.74, 6) is 0. The van der Waals surface area contributed by atoms with Crippen molar-refractivity contribution in [2.24, 2.45) is 10.2 Å². The van der Waals surface area contributed by atoms with Crippen LogP contribution in [-0.4, -0.2) is 0 Å². The number of hydrogen-bond donors (Lipinski definition) is 0. The highest BCUT2D eigenvalue weighted by Crippen LogP contribution is 2.31. The zero-order valence-corrected chi connectivity index (χ0v) is 16.4. The van der Waals surface area contributed by atoms with Crippen molar-refractivity contribution in [1.29, 1.82) is 0 Å². The second-order valence-corrected chi connectivity index (χ2v) is 8.16. The Labute approximate surface area is 149 Å². The molecule has 0 atom stereocenters. The molecule has 0 aromatic heterocycles. The number of azo groups is 1. The highest BCUT2D eigenvalue weighted by atomic mass is 79.9. The lowest BCUT2D eigenvalue weighted by atomic mass is 9.94. The second-order valence-electron chi connectivity index (χ2n) is 6.33. The molecule has 0 aliphatic carbocycles. The summed E-state index contributed by atoms with van der Waals surface area (Å²) in [4.78, 5) is 0. The summed E-state index contributed by atoms with van der Waals surface area (Å²) < 4.78 is 2.14. The van der Waals surface area contributed by atoms with Crippen molar-refractivity contribution in [1.82, 2.24) is 0 Å². The molecule has 4 heteroatoms. The molecule has 0 aliphatic rings. The van der Waals surface area contributed by atoms with E-state index in [1.165, 1.54) is 0 Å².